The predicted octanol–water partition coefficient (Wildman–Crippen LogP) is 3.28. The number of thiophene rings is 1. The molecule has 0 radical (unpaired) electrons. The number of amides is 2. The minimum Gasteiger partial charge on any atom is -0.339 e. The average Bonchev–Trinajstić information content (AvgIpc) is 3.15. The average molecular weight is 356 g/mol. The van der Waals surface area contributed by atoms with Gasteiger partial charge in [-0.05, 0) is 55.0 Å². The van der Waals surface area contributed by atoms with E-state index in [9.17, 15) is 9.59 Å². The lowest BCUT2D eigenvalue weighted by Gasteiger charge is -2.35. The summed E-state index contributed by atoms with van der Waals surface area (Å²) in [7, 11) is 0. The fourth-order valence-corrected chi connectivity index (χ4v) is 3.77. The van der Waals surface area contributed by atoms with Crippen molar-refractivity contribution >= 4 is 23.2 Å². The molecular weight excluding hydrogens is 332 g/mol. The van der Waals surface area contributed by atoms with Crippen LogP contribution < -0.4 is 0 Å². The molecule has 1 saturated heterocycles. The molecule has 0 N–H and O–H groups in total. The van der Waals surface area contributed by atoms with Crippen molar-refractivity contribution in [1.29, 1.82) is 0 Å². The van der Waals surface area contributed by atoms with Gasteiger partial charge in [-0.15, -0.1) is 11.3 Å². The largest absolute Gasteiger partial charge is 0.339 e. The second kappa shape index (κ2) is 7.83. The van der Waals surface area contributed by atoms with Crippen molar-refractivity contribution in [3.63, 3.8) is 0 Å². The number of carbonyl (C=O) groups excluding carboxylic acids is 2. The Balaban J connectivity index is 1.51. The quantitative estimate of drug-likeness (QED) is 0.843. The Hall–Kier alpha value is -2.14. The van der Waals surface area contributed by atoms with Crippen LogP contribution in [0.25, 0.3) is 0 Å². The van der Waals surface area contributed by atoms with Gasteiger partial charge in [-0.2, -0.15) is 0 Å². The van der Waals surface area contributed by atoms with Crippen LogP contribution in [0.15, 0.2) is 35.7 Å². The first-order valence-electron chi connectivity index (χ1n) is 8.71. The maximum atomic E-state index is 12.6. The molecule has 2 heterocycles. The van der Waals surface area contributed by atoms with Crippen LogP contribution in [0.1, 0.15) is 32.8 Å². The second-order valence-electron chi connectivity index (χ2n) is 6.55. The summed E-state index contributed by atoms with van der Waals surface area (Å²) in [5.41, 5.74) is 3.06. The molecule has 25 heavy (non-hydrogen) atoms. The maximum Gasteiger partial charge on any atom is 0.253 e. The molecule has 0 spiro atoms. The van der Waals surface area contributed by atoms with Crippen molar-refractivity contribution < 1.29 is 9.59 Å². The summed E-state index contributed by atoms with van der Waals surface area (Å²) in [6.45, 7) is 6.53. The monoisotopic (exact) mass is 356 g/mol. The van der Waals surface area contributed by atoms with Gasteiger partial charge in [-0.25, -0.2) is 0 Å². The molecule has 0 aliphatic carbocycles. The lowest BCUT2D eigenvalue weighted by molar-refractivity contribution is -0.132. The van der Waals surface area contributed by atoms with Crippen LogP contribution in [0.3, 0.4) is 0 Å². The summed E-state index contributed by atoms with van der Waals surface area (Å²) in [4.78, 5) is 30.0. The number of hydrogen-bond donors (Lipinski definition) is 0. The van der Waals surface area contributed by atoms with Gasteiger partial charge in [0.15, 0.2) is 0 Å². The number of rotatable bonds is 4. The van der Waals surface area contributed by atoms with Crippen molar-refractivity contribution in [2.75, 3.05) is 26.2 Å². The smallest absolute Gasteiger partial charge is 0.253 e. The predicted molar refractivity (Wildman–Crippen MR) is 101 cm³/mol. The summed E-state index contributed by atoms with van der Waals surface area (Å²) < 4.78 is 0. The van der Waals surface area contributed by atoms with E-state index in [4.69, 9.17) is 0 Å². The third-order valence-corrected chi connectivity index (χ3v) is 5.77. The van der Waals surface area contributed by atoms with E-state index in [0.717, 1.165) is 17.5 Å². The first kappa shape index (κ1) is 17.7. The van der Waals surface area contributed by atoms with Gasteiger partial charge in [0.1, 0.15) is 0 Å². The Labute approximate surface area is 153 Å². The lowest BCUT2D eigenvalue weighted by Crippen LogP contribution is -2.50. The van der Waals surface area contributed by atoms with E-state index in [0.29, 0.717) is 32.6 Å². The van der Waals surface area contributed by atoms with E-state index in [1.54, 1.807) is 11.3 Å². The fraction of sp³-hybridized carbons (Fsp3) is 0.400. The van der Waals surface area contributed by atoms with Gasteiger partial charge in [0.2, 0.25) is 5.91 Å². The first-order valence-corrected chi connectivity index (χ1v) is 9.59. The summed E-state index contributed by atoms with van der Waals surface area (Å²) >= 11 is 1.69. The van der Waals surface area contributed by atoms with Crippen LogP contribution in [0.5, 0.6) is 0 Å². The highest BCUT2D eigenvalue weighted by molar-refractivity contribution is 7.09. The van der Waals surface area contributed by atoms with Crippen molar-refractivity contribution in [2.45, 2.75) is 26.7 Å². The zero-order valence-corrected chi connectivity index (χ0v) is 15.6. The third-order valence-electron chi connectivity index (χ3n) is 4.84. The molecule has 5 heteroatoms. The third kappa shape index (κ3) is 4.28. The molecule has 0 bridgehead atoms. The van der Waals surface area contributed by atoms with Crippen molar-refractivity contribution in [3.05, 3.63) is 57.3 Å². The molecule has 1 aliphatic rings. The topological polar surface area (TPSA) is 40.6 Å². The molecular formula is C20H24N2O2S. The normalized spacial score (nSPS) is 14.6. The lowest BCUT2D eigenvalue weighted by atomic mass is 10.1. The van der Waals surface area contributed by atoms with E-state index in [2.05, 4.69) is 6.07 Å². The molecule has 2 amide bonds. The molecule has 1 aliphatic heterocycles. The standard InChI is InChI=1S/C20H24N2O2S/c1-15-5-6-17(14-16(15)2)20(24)22-11-9-21(10-12-22)19(23)8-7-18-4-3-13-25-18/h3-6,13-14H,7-12H2,1-2H3. The second-order valence-corrected chi connectivity index (χ2v) is 7.58. The molecule has 3 rings (SSSR count). The number of piperazine rings is 1. The van der Waals surface area contributed by atoms with E-state index in [1.165, 1.54) is 10.4 Å². The minimum absolute atomic E-state index is 0.0637. The van der Waals surface area contributed by atoms with E-state index in [-0.39, 0.29) is 11.8 Å². The van der Waals surface area contributed by atoms with Crippen LogP contribution in [-0.2, 0) is 11.2 Å². The number of hydrogen-bond acceptors (Lipinski definition) is 3. The molecule has 1 aromatic carbocycles. The molecule has 4 nitrogen and oxygen atoms in total. The van der Waals surface area contributed by atoms with Gasteiger partial charge < -0.3 is 9.80 Å². The summed E-state index contributed by atoms with van der Waals surface area (Å²) in [6, 6.07) is 9.92. The molecule has 0 atom stereocenters. The molecule has 0 unspecified atom stereocenters. The maximum absolute atomic E-state index is 12.6. The Morgan fingerprint density at radius 1 is 1.00 bits per heavy atom. The van der Waals surface area contributed by atoms with Gasteiger partial charge in [0, 0.05) is 43.0 Å². The highest BCUT2D eigenvalue weighted by atomic mass is 32.1. The SMILES string of the molecule is Cc1ccc(C(=O)N2CCN(C(=O)CCc3cccs3)CC2)cc1C. The highest BCUT2D eigenvalue weighted by Crippen LogP contribution is 2.15. The molecule has 2 aromatic rings. The van der Waals surface area contributed by atoms with Crippen molar-refractivity contribution in [2.24, 2.45) is 0 Å². The number of aryl methyl sites for hydroxylation is 3. The molecule has 132 valence electrons. The van der Waals surface area contributed by atoms with Gasteiger partial charge in [-0.1, -0.05) is 12.1 Å². The van der Waals surface area contributed by atoms with Crippen LogP contribution in [-0.4, -0.2) is 47.8 Å². The summed E-state index contributed by atoms with van der Waals surface area (Å²) in [6.07, 6.45) is 1.35. The van der Waals surface area contributed by atoms with Crippen molar-refractivity contribution in [1.82, 2.24) is 9.80 Å². The van der Waals surface area contributed by atoms with Gasteiger partial charge in [-0.3, -0.25) is 9.59 Å². The van der Waals surface area contributed by atoms with Crippen molar-refractivity contribution in [3.8, 4) is 0 Å². The minimum atomic E-state index is 0.0637. The summed E-state index contributed by atoms with van der Waals surface area (Å²) in [5.74, 6) is 0.250. The highest BCUT2D eigenvalue weighted by Gasteiger charge is 2.24. The number of carbonyl (C=O) groups is 2. The Morgan fingerprint density at radius 2 is 1.72 bits per heavy atom. The van der Waals surface area contributed by atoms with Crippen LogP contribution in [0.4, 0.5) is 0 Å². The summed E-state index contributed by atoms with van der Waals surface area (Å²) in [5, 5.41) is 2.04. The zero-order valence-electron chi connectivity index (χ0n) is 14.8. The van der Waals surface area contributed by atoms with E-state index >= 15 is 0 Å². The van der Waals surface area contributed by atoms with Gasteiger partial charge >= 0.3 is 0 Å². The fourth-order valence-electron chi connectivity index (χ4n) is 3.06. The van der Waals surface area contributed by atoms with E-state index < -0.39 is 0 Å². The van der Waals surface area contributed by atoms with Gasteiger partial charge in [0.05, 0.1) is 0 Å². The molecule has 1 fully saturated rings. The molecule has 1 aromatic heterocycles. The zero-order chi connectivity index (χ0) is 17.8. The first-order chi connectivity index (χ1) is 12.0. The number of nitrogens with zero attached hydrogens (tertiary/aromatic N) is 2. The van der Waals surface area contributed by atoms with Crippen LogP contribution in [0.2, 0.25) is 0 Å². The Bertz CT molecular complexity index is 747. The Morgan fingerprint density at radius 3 is 2.36 bits per heavy atom. The van der Waals surface area contributed by atoms with Crippen LogP contribution >= 0.6 is 11.3 Å². The van der Waals surface area contributed by atoms with Gasteiger partial charge in [0.25, 0.3) is 5.91 Å². The van der Waals surface area contributed by atoms with Crippen LogP contribution in [0, 0.1) is 13.8 Å². The molecule has 0 saturated carbocycles. The Kier molecular flexibility index (Phi) is 5.53. The number of benzene rings is 1. The van der Waals surface area contributed by atoms with E-state index in [1.807, 2.05) is 53.3 Å².